The van der Waals surface area contributed by atoms with Crippen molar-refractivity contribution in [3.8, 4) is 0 Å². The van der Waals surface area contributed by atoms with Crippen molar-refractivity contribution in [3.05, 3.63) is 33.5 Å². The van der Waals surface area contributed by atoms with Gasteiger partial charge in [-0.3, -0.25) is 9.59 Å². The molecule has 0 aromatic carbocycles. The first kappa shape index (κ1) is 13.3. The lowest BCUT2D eigenvalue weighted by Crippen LogP contribution is -2.18. The van der Waals surface area contributed by atoms with Crippen LogP contribution < -0.4 is 5.56 Å². The molecule has 0 aliphatic carbocycles. The van der Waals surface area contributed by atoms with E-state index < -0.39 is 35.8 Å². The van der Waals surface area contributed by atoms with E-state index in [1.165, 1.54) is 0 Å². The van der Waals surface area contributed by atoms with E-state index in [0.29, 0.717) is 0 Å². The fourth-order valence-electron chi connectivity index (χ4n) is 1.31. The highest BCUT2D eigenvalue weighted by atomic mass is 19.3. The van der Waals surface area contributed by atoms with Gasteiger partial charge in [0.1, 0.15) is 0 Å². The minimum Gasteiger partial charge on any atom is -0.466 e. The summed E-state index contributed by atoms with van der Waals surface area (Å²) in [6.07, 6.45) is -2.79. The summed E-state index contributed by atoms with van der Waals surface area (Å²) in [7, 11) is 0. The van der Waals surface area contributed by atoms with E-state index in [0.717, 1.165) is 6.20 Å². The standard InChI is InChI=1S/C10H10F3NO3/c1-2-17-6(15)3-5-4-14-10(16)8(11)7(5)9(12)13/h4,9H,2-3H2,1H3,(H,14,16). The average Bonchev–Trinajstić information content (AvgIpc) is 2.23. The lowest BCUT2D eigenvalue weighted by atomic mass is 10.1. The van der Waals surface area contributed by atoms with Crippen molar-refractivity contribution in [2.45, 2.75) is 19.8 Å². The molecule has 0 bridgehead atoms. The van der Waals surface area contributed by atoms with Crippen LogP contribution in [0, 0.1) is 5.82 Å². The van der Waals surface area contributed by atoms with Gasteiger partial charge in [0, 0.05) is 6.20 Å². The molecule has 4 nitrogen and oxygen atoms in total. The Bertz CT molecular complexity index is 470. The summed E-state index contributed by atoms with van der Waals surface area (Å²) in [5.41, 5.74) is -2.58. The smallest absolute Gasteiger partial charge is 0.310 e. The first-order valence-electron chi connectivity index (χ1n) is 4.81. The third-order valence-corrected chi connectivity index (χ3v) is 2.02. The fraction of sp³-hybridized carbons (Fsp3) is 0.400. The lowest BCUT2D eigenvalue weighted by Gasteiger charge is -2.08. The Hall–Kier alpha value is -1.79. The van der Waals surface area contributed by atoms with Crippen molar-refractivity contribution < 1.29 is 22.7 Å². The minimum atomic E-state index is -3.17. The monoisotopic (exact) mass is 249 g/mol. The van der Waals surface area contributed by atoms with Crippen molar-refractivity contribution in [1.29, 1.82) is 0 Å². The van der Waals surface area contributed by atoms with Crippen LogP contribution in [0.3, 0.4) is 0 Å². The molecule has 0 radical (unpaired) electrons. The normalized spacial score (nSPS) is 10.6. The second-order valence-electron chi connectivity index (χ2n) is 3.15. The third kappa shape index (κ3) is 3.08. The maximum Gasteiger partial charge on any atom is 0.310 e. The molecule has 1 N–H and O–H groups in total. The number of halogens is 3. The molecule has 0 aliphatic heterocycles. The highest BCUT2D eigenvalue weighted by Crippen LogP contribution is 2.24. The summed E-state index contributed by atoms with van der Waals surface area (Å²) in [4.78, 5) is 23.9. The van der Waals surface area contributed by atoms with Crippen molar-refractivity contribution in [2.75, 3.05) is 6.61 Å². The zero-order valence-corrected chi connectivity index (χ0v) is 8.93. The van der Waals surface area contributed by atoms with Gasteiger partial charge >= 0.3 is 5.97 Å². The Kier molecular flexibility index (Phi) is 4.30. The van der Waals surface area contributed by atoms with Crippen molar-refractivity contribution >= 4 is 5.97 Å². The van der Waals surface area contributed by atoms with E-state index in [2.05, 4.69) is 4.74 Å². The van der Waals surface area contributed by atoms with Crippen LogP contribution in [0.5, 0.6) is 0 Å². The molecule has 1 rings (SSSR count). The van der Waals surface area contributed by atoms with Crippen LogP contribution >= 0.6 is 0 Å². The van der Waals surface area contributed by atoms with Gasteiger partial charge in [0.25, 0.3) is 12.0 Å². The summed E-state index contributed by atoms with van der Waals surface area (Å²) in [5.74, 6) is -2.33. The summed E-state index contributed by atoms with van der Waals surface area (Å²) in [6.45, 7) is 1.65. The number of aromatic amines is 1. The molecule has 17 heavy (non-hydrogen) atoms. The molecule has 1 heterocycles. The summed E-state index contributed by atoms with van der Waals surface area (Å²) < 4.78 is 42.8. The molecule has 0 saturated heterocycles. The van der Waals surface area contributed by atoms with Crippen LogP contribution in [0.2, 0.25) is 0 Å². The maximum absolute atomic E-state index is 13.2. The number of hydrogen-bond donors (Lipinski definition) is 1. The Labute approximate surface area is 94.4 Å². The van der Waals surface area contributed by atoms with Gasteiger partial charge in [0.15, 0.2) is 5.82 Å². The summed E-state index contributed by atoms with van der Waals surface area (Å²) >= 11 is 0. The number of pyridine rings is 1. The molecule has 0 atom stereocenters. The molecular formula is C10H10F3NO3. The van der Waals surface area contributed by atoms with Gasteiger partial charge in [-0.1, -0.05) is 0 Å². The highest BCUT2D eigenvalue weighted by molar-refractivity contribution is 5.72. The van der Waals surface area contributed by atoms with Crippen LogP contribution in [-0.4, -0.2) is 17.6 Å². The second kappa shape index (κ2) is 5.51. The molecule has 0 amide bonds. The number of aromatic nitrogens is 1. The zero-order valence-electron chi connectivity index (χ0n) is 8.93. The predicted octanol–water partition coefficient (Wildman–Crippen LogP) is 1.56. The molecule has 94 valence electrons. The van der Waals surface area contributed by atoms with Gasteiger partial charge < -0.3 is 9.72 Å². The molecule has 7 heteroatoms. The molecule has 0 aliphatic rings. The molecule has 0 saturated carbocycles. The van der Waals surface area contributed by atoms with Crippen LogP contribution in [0.4, 0.5) is 13.2 Å². The number of H-pyrrole nitrogens is 1. The van der Waals surface area contributed by atoms with Gasteiger partial charge in [-0.05, 0) is 12.5 Å². The number of esters is 1. The Morgan fingerprint density at radius 2 is 2.18 bits per heavy atom. The topological polar surface area (TPSA) is 59.2 Å². The van der Waals surface area contributed by atoms with Gasteiger partial charge in [0.05, 0.1) is 18.6 Å². The number of rotatable bonds is 4. The van der Waals surface area contributed by atoms with Crippen LogP contribution in [0.15, 0.2) is 11.0 Å². The summed E-state index contributed by atoms with van der Waals surface area (Å²) in [5, 5.41) is 0. The second-order valence-corrected chi connectivity index (χ2v) is 3.15. The van der Waals surface area contributed by atoms with Gasteiger partial charge in [-0.2, -0.15) is 0 Å². The van der Waals surface area contributed by atoms with Gasteiger partial charge in [0.2, 0.25) is 0 Å². The molecule has 1 aromatic heterocycles. The van der Waals surface area contributed by atoms with Crippen molar-refractivity contribution in [2.24, 2.45) is 0 Å². The molecule has 0 fully saturated rings. The molecule has 0 spiro atoms. The van der Waals surface area contributed by atoms with E-state index in [4.69, 9.17) is 0 Å². The average molecular weight is 249 g/mol. The summed E-state index contributed by atoms with van der Waals surface area (Å²) in [6, 6.07) is 0. The largest absolute Gasteiger partial charge is 0.466 e. The number of carbonyl (C=O) groups is 1. The number of ether oxygens (including phenoxy) is 1. The van der Waals surface area contributed by atoms with E-state index in [1.54, 1.807) is 6.92 Å². The van der Waals surface area contributed by atoms with E-state index in [1.807, 2.05) is 4.98 Å². The lowest BCUT2D eigenvalue weighted by molar-refractivity contribution is -0.142. The third-order valence-electron chi connectivity index (χ3n) is 2.02. The van der Waals surface area contributed by atoms with E-state index >= 15 is 0 Å². The Morgan fingerprint density at radius 3 is 2.71 bits per heavy atom. The minimum absolute atomic E-state index is 0.0919. The SMILES string of the molecule is CCOC(=O)Cc1c[nH]c(=O)c(F)c1C(F)F. The number of alkyl halides is 2. The zero-order chi connectivity index (χ0) is 13.0. The van der Waals surface area contributed by atoms with Gasteiger partial charge in [-0.25, -0.2) is 13.2 Å². The number of hydrogen-bond acceptors (Lipinski definition) is 3. The fourth-order valence-corrected chi connectivity index (χ4v) is 1.31. The van der Waals surface area contributed by atoms with Gasteiger partial charge in [-0.15, -0.1) is 0 Å². The first-order valence-corrected chi connectivity index (χ1v) is 4.81. The maximum atomic E-state index is 13.2. The molecule has 0 unspecified atom stereocenters. The number of nitrogens with one attached hydrogen (secondary N) is 1. The predicted molar refractivity (Wildman–Crippen MR) is 52.3 cm³/mol. The Morgan fingerprint density at radius 1 is 1.53 bits per heavy atom. The Balaban J connectivity index is 3.11. The van der Waals surface area contributed by atoms with Crippen molar-refractivity contribution in [3.63, 3.8) is 0 Å². The van der Waals surface area contributed by atoms with E-state index in [-0.39, 0.29) is 12.2 Å². The van der Waals surface area contributed by atoms with Crippen LogP contribution in [-0.2, 0) is 16.0 Å². The highest BCUT2D eigenvalue weighted by Gasteiger charge is 2.22. The first-order chi connectivity index (χ1) is 7.97. The number of carbonyl (C=O) groups excluding carboxylic acids is 1. The van der Waals surface area contributed by atoms with E-state index in [9.17, 15) is 22.8 Å². The van der Waals surface area contributed by atoms with Crippen LogP contribution in [0.25, 0.3) is 0 Å². The van der Waals surface area contributed by atoms with Crippen molar-refractivity contribution in [1.82, 2.24) is 4.98 Å². The molecule has 1 aromatic rings. The molecular weight excluding hydrogens is 239 g/mol. The quantitative estimate of drug-likeness (QED) is 0.824. The van der Waals surface area contributed by atoms with Crippen LogP contribution in [0.1, 0.15) is 24.5 Å².